The van der Waals surface area contributed by atoms with Gasteiger partial charge in [-0.15, -0.1) is 0 Å². The van der Waals surface area contributed by atoms with Crippen LogP contribution in [0.4, 0.5) is 9.18 Å². The Bertz CT molecular complexity index is 767. The van der Waals surface area contributed by atoms with Gasteiger partial charge in [0.05, 0.1) is 0 Å². The predicted molar refractivity (Wildman–Crippen MR) is 103 cm³/mol. The van der Waals surface area contributed by atoms with Gasteiger partial charge in [0.1, 0.15) is 17.9 Å². The van der Waals surface area contributed by atoms with Gasteiger partial charge in [0, 0.05) is 6.04 Å². The summed E-state index contributed by atoms with van der Waals surface area (Å²) in [6.45, 7) is 5.76. The summed E-state index contributed by atoms with van der Waals surface area (Å²) in [5, 5.41) is 5.71. The molecule has 28 heavy (non-hydrogen) atoms. The topological polar surface area (TPSA) is 78.5 Å². The van der Waals surface area contributed by atoms with Crippen molar-refractivity contribution in [3.05, 3.63) is 35.6 Å². The Morgan fingerprint density at radius 3 is 2.57 bits per heavy atom. The smallest absolute Gasteiger partial charge is 0.325 e. The van der Waals surface area contributed by atoms with Gasteiger partial charge >= 0.3 is 6.03 Å². The molecule has 0 aromatic heterocycles. The molecule has 0 bridgehead atoms. The molecule has 4 atom stereocenters. The van der Waals surface area contributed by atoms with Crippen LogP contribution in [0.2, 0.25) is 0 Å². The van der Waals surface area contributed by atoms with Crippen LogP contribution in [-0.2, 0) is 15.1 Å². The van der Waals surface area contributed by atoms with E-state index in [4.69, 9.17) is 0 Å². The highest BCUT2D eigenvalue weighted by molar-refractivity contribution is 6.09. The zero-order valence-corrected chi connectivity index (χ0v) is 16.6. The van der Waals surface area contributed by atoms with Crippen molar-refractivity contribution in [2.24, 2.45) is 11.8 Å². The number of nitrogens with zero attached hydrogens (tertiary/aromatic N) is 1. The molecular weight excluding hydrogens is 361 g/mol. The zero-order valence-electron chi connectivity index (χ0n) is 16.6. The molecule has 2 N–H and O–H groups in total. The average Bonchev–Trinajstić information content (AvgIpc) is 2.91. The van der Waals surface area contributed by atoms with Crippen LogP contribution in [0.25, 0.3) is 0 Å². The molecule has 2 fully saturated rings. The van der Waals surface area contributed by atoms with Crippen LogP contribution >= 0.6 is 0 Å². The van der Waals surface area contributed by atoms with Gasteiger partial charge in [-0.1, -0.05) is 45.7 Å². The molecule has 1 aromatic carbocycles. The highest BCUT2D eigenvalue weighted by atomic mass is 19.1. The maximum Gasteiger partial charge on any atom is 0.325 e. The molecule has 1 saturated carbocycles. The summed E-state index contributed by atoms with van der Waals surface area (Å²) in [4.78, 5) is 39.1. The van der Waals surface area contributed by atoms with Crippen molar-refractivity contribution in [1.29, 1.82) is 0 Å². The summed E-state index contributed by atoms with van der Waals surface area (Å²) in [6.07, 6.45) is 3.42. The van der Waals surface area contributed by atoms with Crippen LogP contribution in [0.5, 0.6) is 0 Å². The molecule has 4 amide bonds. The predicted octanol–water partition coefficient (Wildman–Crippen LogP) is 2.92. The van der Waals surface area contributed by atoms with Crippen LogP contribution in [-0.4, -0.2) is 35.3 Å². The summed E-state index contributed by atoms with van der Waals surface area (Å²) in [5.41, 5.74) is -0.759. The van der Waals surface area contributed by atoms with Crippen molar-refractivity contribution in [3.8, 4) is 0 Å². The third-order valence-electron chi connectivity index (χ3n) is 6.40. The van der Waals surface area contributed by atoms with E-state index in [1.54, 1.807) is 6.92 Å². The molecule has 3 rings (SSSR count). The molecule has 7 heteroatoms. The minimum Gasteiger partial charge on any atom is -0.352 e. The fraction of sp³-hybridized carbons (Fsp3) is 0.571. The number of benzene rings is 1. The van der Waals surface area contributed by atoms with Crippen LogP contribution in [0.1, 0.15) is 52.0 Å². The average molecular weight is 389 g/mol. The molecule has 0 radical (unpaired) electrons. The van der Waals surface area contributed by atoms with Crippen LogP contribution in [0.3, 0.4) is 0 Å². The van der Waals surface area contributed by atoms with Crippen LogP contribution in [0, 0.1) is 17.7 Å². The fourth-order valence-electron chi connectivity index (χ4n) is 4.33. The second-order valence-electron chi connectivity index (χ2n) is 8.03. The number of hydrogen-bond acceptors (Lipinski definition) is 3. The van der Waals surface area contributed by atoms with E-state index in [-0.39, 0.29) is 18.5 Å². The minimum atomic E-state index is -1.27. The number of urea groups is 1. The lowest BCUT2D eigenvalue weighted by atomic mass is 9.78. The number of halogens is 1. The van der Waals surface area contributed by atoms with E-state index >= 15 is 0 Å². The Morgan fingerprint density at radius 2 is 1.93 bits per heavy atom. The lowest BCUT2D eigenvalue weighted by Crippen LogP contribution is -2.49. The molecule has 1 saturated heterocycles. The molecule has 1 heterocycles. The maximum absolute atomic E-state index is 13.3. The van der Waals surface area contributed by atoms with E-state index in [0.717, 1.165) is 24.2 Å². The number of amides is 4. The van der Waals surface area contributed by atoms with E-state index in [9.17, 15) is 18.8 Å². The monoisotopic (exact) mass is 389 g/mol. The molecule has 0 spiro atoms. The quantitative estimate of drug-likeness (QED) is 0.760. The summed E-state index contributed by atoms with van der Waals surface area (Å²) in [7, 11) is 0. The summed E-state index contributed by atoms with van der Waals surface area (Å²) in [6, 6.07) is 4.96. The normalized spacial score (nSPS) is 30.3. The van der Waals surface area contributed by atoms with Gasteiger partial charge in [-0.3, -0.25) is 14.5 Å². The second-order valence-corrected chi connectivity index (χ2v) is 8.03. The first-order chi connectivity index (χ1) is 13.3. The fourth-order valence-corrected chi connectivity index (χ4v) is 4.33. The SMILES string of the molecule is CC[C@]1(c2ccc(F)cc2)NC(=O)N(CC(=O)N[C@H]2CCC[C@H](C)[C@@H]2C)C1=O. The van der Waals surface area contributed by atoms with E-state index in [1.807, 2.05) is 0 Å². The van der Waals surface area contributed by atoms with E-state index in [0.29, 0.717) is 23.8 Å². The first-order valence-corrected chi connectivity index (χ1v) is 9.98. The summed E-state index contributed by atoms with van der Waals surface area (Å²) >= 11 is 0. The van der Waals surface area contributed by atoms with Crippen molar-refractivity contribution < 1.29 is 18.8 Å². The third kappa shape index (κ3) is 3.62. The molecule has 152 valence electrons. The van der Waals surface area contributed by atoms with E-state index in [2.05, 4.69) is 24.5 Å². The Balaban J connectivity index is 1.72. The number of rotatable bonds is 5. The van der Waals surface area contributed by atoms with Crippen molar-refractivity contribution in [2.75, 3.05) is 6.54 Å². The second kappa shape index (κ2) is 7.89. The first kappa shape index (κ1) is 20.3. The van der Waals surface area contributed by atoms with E-state index < -0.39 is 23.3 Å². The molecule has 1 aliphatic heterocycles. The molecule has 1 aliphatic carbocycles. The van der Waals surface area contributed by atoms with Crippen LogP contribution in [0.15, 0.2) is 24.3 Å². The summed E-state index contributed by atoms with van der Waals surface area (Å²) in [5.74, 6) is -0.345. The van der Waals surface area contributed by atoms with Crippen LogP contribution < -0.4 is 10.6 Å². The number of carbonyl (C=O) groups excluding carboxylic acids is 3. The van der Waals surface area contributed by atoms with Crippen molar-refractivity contribution >= 4 is 17.8 Å². The largest absolute Gasteiger partial charge is 0.352 e. The van der Waals surface area contributed by atoms with Crippen molar-refractivity contribution in [2.45, 2.75) is 58.0 Å². The Kier molecular flexibility index (Phi) is 5.72. The number of nitrogens with one attached hydrogen (secondary N) is 2. The van der Waals surface area contributed by atoms with Gasteiger partial charge in [0.25, 0.3) is 5.91 Å². The van der Waals surface area contributed by atoms with Gasteiger partial charge in [-0.2, -0.15) is 0 Å². The molecule has 0 unspecified atom stereocenters. The zero-order chi connectivity index (χ0) is 20.5. The lowest BCUT2D eigenvalue weighted by molar-refractivity contribution is -0.135. The number of hydrogen-bond donors (Lipinski definition) is 2. The molecule has 2 aliphatic rings. The lowest BCUT2D eigenvalue weighted by Gasteiger charge is -2.34. The van der Waals surface area contributed by atoms with Gasteiger partial charge in [0.15, 0.2) is 0 Å². The number of imide groups is 1. The molecule has 1 aromatic rings. The molecular formula is C21H28FN3O3. The van der Waals surface area contributed by atoms with Gasteiger partial charge in [-0.25, -0.2) is 9.18 Å². The van der Waals surface area contributed by atoms with Gasteiger partial charge in [0.2, 0.25) is 5.91 Å². The van der Waals surface area contributed by atoms with E-state index in [1.165, 1.54) is 24.3 Å². The van der Waals surface area contributed by atoms with Crippen molar-refractivity contribution in [3.63, 3.8) is 0 Å². The first-order valence-electron chi connectivity index (χ1n) is 9.98. The van der Waals surface area contributed by atoms with Gasteiger partial charge < -0.3 is 10.6 Å². The Hall–Kier alpha value is -2.44. The molecule has 6 nitrogen and oxygen atoms in total. The summed E-state index contributed by atoms with van der Waals surface area (Å²) < 4.78 is 13.3. The Labute approximate surface area is 164 Å². The standard InChI is InChI=1S/C21H28FN3O3/c1-4-21(15-8-10-16(22)11-9-15)19(27)25(20(28)24-21)12-18(26)23-17-7-5-6-13(2)14(17)3/h8-11,13-14,17H,4-7,12H2,1-3H3,(H,23,26)(H,24,28)/t13-,14-,17-,21+/m0/s1. The highest BCUT2D eigenvalue weighted by Gasteiger charge is 2.51. The Morgan fingerprint density at radius 1 is 1.25 bits per heavy atom. The highest BCUT2D eigenvalue weighted by Crippen LogP contribution is 2.33. The minimum absolute atomic E-state index is 0.0602. The van der Waals surface area contributed by atoms with Crippen molar-refractivity contribution in [1.82, 2.24) is 15.5 Å². The maximum atomic E-state index is 13.3. The third-order valence-corrected chi connectivity index (χ3v) is 6.40. The van der Waals surface area contributed by atoms with Gasteiger partial charge in [-0.05, 0) is 42.4 Å². The number of carbonyl (C=O) groups is 3.